The van der Waals surface area contributed by atoms with E-state index >= 15 is 0 Å². The molecule has 2 rings (SSSR count). The van der Waals surface area contributed by atoms with Crippen LogP contribution in [0.25, 0.3) is 0 Å². The number of aliphatic imine (C=N–C) groups is 1. The van der Waals surface area contributed by atoms with Gasteiger partial charge in [-0.3, -0.25) is 9.89 Å². The number of likely N-dealkylation sites (tertiary alicyclic amines) is 1. The summed E-state index contributed by atoms with van der Waals surface area (Å²) in [4.78, 5) is 9.05. The number of hydrogen-bond donors (Lipinski definition) is 2. The molecule has 0 bridgehead atoms. The normalized spacial score (nSPS) is 17.6. The van der Waals surface area contributed by atoms with Gasteiger partial charge in [-0.25, -0.2) is 0 Å². The van der Waals surface area contributed by atoms with Crippen molar-refractivity contribution in [2.45, 2.75) is 19.0 Å². The monoisotopic (exact) mass is 407 g/mol. The summed E-state index contributed by atoms with van der Waals surface area (Å²) in [5, 5.41) is 6.95. The number of rotatable bonds is 11. The Labute approximate surface area is 175 Å². The first kappa shape index (κ1) is 23.3. The highest BCUT2D eigenvalue weighted by molar-refractivity contribution is 5.80. The quantitative estimate of drug-likeness (QED) is 0.419. The van der Waals surface area contributed by atoms with Crippen LogP contribution in [0.4, 0.5) is 0 Å². The van der Waals surface area contributed by atoms with E-state index in [-0.39, 0.29) is 0 Å². The van der Waals surface area contributed by atoms with Crippen molar-refractivity contribution < 1.29 is 14.2 Å². The summed E-state index contributed by atoms with van der Waals surface area (Å²) in [6, 6.07) is 6.44. The molecular formula is C21H37N5O3. The molecule has 1 aromatic carbocycles. The zero-order chi connectivity index (χ0) is 21.1. The summed E-state index contributed by atoms with van der Waals surface area (Å²) in [6.07, 6.45) is 1.09. The number of ether oxygens (including phenoxy) is 3. The highest BCUT2D eigenvalue weighted by Crippen LogP contribution is 2.24. The van der Waals surface area contributed by atoms with Gasteiger partial charge in [-0.1, -0.05) is 0 Å². The Balaban J connectivity index is 1.77. The van der Waals surface area contributed by atoms with Crippen molar-refractivity contribution in [1.82, 2.24) is 20.4 Å². The number of hydrogen-bond acceptors (Lipinski definition) is 6. The number of guanidine groups is 1. The van der Waals surface area contributed by atoms with Crippen LogP contribution in [0.15, 0.2) is 23.2 Å². The second-order valence-corrected chi connectivity index (χ2v) is 7.38. The van der Waals surface area contributed by atoms with Gasteiger partial charge in [0.2, 0.25) is 0 Å². The number of nitrogens with zero attached hydrogens (tertiary/aromatic N) is 3. The average Bonchev–Trinajstić information content (AvgIpc) is 3.17. The molecule has 1 aromatic rings. The van der Waals surface area contributed by atoms with E-state index < -0.39 is 0 Å². The minimum absolute atomic E-state index is 0.389. The molecule has 0 amide bonds. The Morgan fingerprint density at radius 2 is 1.90 bits per heavy atom. The summed E-state index contributed by atoms with van der Waals surface area (Å²) in [6.45, 7) is 6.37. The fourth-order valence-electron chi connectivity index (χ4n) is 3.42. The smallest absolute Gasteiger partial charge is 0.191 e. The Hall–Kier alpha value is -2.03. The van der Waals surface area contributed by atoms with Crippen molar-refractivity contribution in [3.05, 3.63) is 23.8 Å². The molecule has 8 heteroatoms. The maximum Gasteiger partial charge on any atom is 0.191 e. The first-order chi connectivity index (χ1) is 14.1. The maximum atomic E-state index is 5.38. The van der Waals surface area contributed by atoms with Crippen LogP contribution >= 0.6 is 0 Å². The highest BCUT2D eigenvalue weighted by Gasteiger charge is 2.23. The summed E-state index contributed by atoms with van der Waals surface area (Å²) in [7, 11) is 9.01. The second-order valence-electron chi connectivity index (χ2n) is 7.38. The van der Waals surface area contributed by atoms with E-state index in [2.05, 4.69) is 44.6 Å². The first-order valence-corrected chi connectivity index (χ1v) is 10.2. The number of nitrogens with one attached hydrogen (secondary N) is 2. The second kappa shape index (κ2) is 12.5. The van der Waals surface area contributed by atoms with Crippen LogP contribution in [0, 0.1) is 0 Å². The minimum atomic E-state index is 0.389. The predicted octanol–water partition coefficient (Wildman–Crippen LogP) is 1.02. The molecule has 2 N–H and O–H groups in total. The van der Waals surface area contributed by atoms with Gasteiger partial charge in [0, 0.05) is 65.5 Å². The fraction of sp³-hybridized carbons (Fsp3) is 0.667. The van der Waals surface area contributed by atoms with Crippen LogP contribution in [-0.4, -0.2) is 96.6 Å². The summed E-state index contributed by atoms with van der Waals surface area (Å²) in [5.41, 5.74) is 1.20. The van der Waals surface area contributed by atoms with E-state index in [1.165, 1.54) is 5.56 Å². The van der Waals surface area contributed by atoms with Crippen molar-refractivity contribution >= 4 is 5.96 Å². The molecule has 8 nitrogen and oxygen atoms in total. The topological polar surface area (TPSA) is 70.6 Å². The average molecular weight is 408 g/mol. The van der Waals surface area contributed by atoms with E-state index in [0.29, 0.717) is 6.04 Å². The molecular weight excluding hydrogens is 370 g/mol. The molecule has 164 valence electrons. The van der Waals surface area contributed by atoms with Gasteiger partial charge in [0.25, 0.3) is 0 Å². The van der Waals surface area contributed by atoms with Gasteiger partial charge in [-0.2, -0.15) is 0 Å². The molecule has 0 saturated carbocycles. The molecule has 1 unspecified atom stereocenters. The predicted molar refractivity (Wildman–Crippen MR) is 117 cm³/mol. The molecule has 0 aromatic heterocycles. The Morgan fingerprint density at radius 1 is 1.17 bits per heavy atom. The fourth-order valence-corrected chi connectivity index (χ4v) is 3.42. The number of methoxy groups -OCH3 is 3. The molecule has 0 radical (unpaired) electrons. The van der Waals surface area contributed by atoms with Crippen LogP contribution in [0.3, 0.4) is 0 Å². The molecule has 1 aliphatic heterocycles. The molecule has 29 heavy (non-hydrogen) atoms. The van der Waals surface area contributed by atoms with Crippen molar-refractivity contribution in [2.24, 2.45) is 4.99 Å². The van der Waals surface area contributed by atoms with Crippen LogP contribution in [0.2, 0.25) is 0 Å². The molecule has 0 spiro atoms. The van der Waals surface area contributed by atoms with E-state index in [1.807, 2.05) is 13.1 Å². The molecule has 0 aliphatic carbocycles. The van der Waals surface area contributed by atoms with Gasteiger partial charge >= 0.3 is 0 Å². The Bertz CT molecular complexity index is 618. The number of benzene rings is 1. The van der Waals surface area contributed by atoms with Crippen molar-refractivity contribution in [2.75, 3.05) is 74.8 Å². The Kier molecular flexibility index (Phi) is 10.0. The molecule has 1 aliphatic rings. The van der Waals surface area contributed by atoms with E-state index in [9.17, 15) is 0 Å². The largest absolute Gasteiger partial charge is 0.497 e. The van der Waals surface area contributed by atoms with Gasteiger partial charge in [-0.15, -0.1) is 0 Å². The van der Waals surface area contributed by atoms with Crippen LogP contribution < -0.4 is 20.1 Å². The lowest BCUT2D eigenvalue weighted by molar-refractivity contribution is 0.162. The van der Waals surface area contributed by atoms with Gasteiger partial charge < -0.3 is 29.7 Å². The highest BCUT2D eigenvalue weighted by atomic mass is 16.5. The molecule has 1 saturated heterocycles. The summed E-state index contributed by atoms with van der Waals surface area (Å²) >= 11 is 0. The zero-order valence-electron chi connectivity index (χ0n) is 18.5. The molecule has 1 fully saturated rings. The standard InChI is InChI=1S/C21H37N5O3/c1-22-21(23-7-9-25(2)10-11-27-3)24-18-6-8-26(16-18)15-17-12-19(28-4)14-20(13-17)29-5/h12-14,18H,6-11,15-16H2,1-5H3,(H2,22,23,24). The van der Waals surface area contributed by atoms with Crippen molar-refractivity contribution in [1.29, 1.82) is 0 Å². The van der Waals surface area contributed by atoms with Gasteiger partial charge in [0.15, 0.2) is 5.96 Å². The van der Waals surface area contributed by atoms with Gasteiger partial charge in [0.05, 0.1) is 20.8 Å². The third kappa shape index (κ3) is 8.08. The lowest BCUT2D eigenvalue weighted by Gasteiger charge is -2.21. The lowest BCUT2D eigenvalue weighted by Crippen LogP contribution is -2.46. The molecule has 1 atom stereocenters. The first-order valence-electron chi connectivity index (χ1n) is 10.2. The maximum absolute atomic E-state index is 5.38. The molecule has 1 heterocycles. The number of likely N-dealkylation sites (N-methyl/N-ethyl adjacent to an activating group) is 1. The SMILES string of the molecule is CN=C(NCCN(C)CCOC)NC1CCN(Cc2cc(OC)cc(OC)c2)C1. The van der Waals surface area contributed by atoms with Crippen LogP contribution in [0.1, 0.15) is 12.0 Å². The Morgan fingerprint density at radius 3 is 2.52 bits per heavy atom. The van der Waals surface area contributed by atoms with Gasteiger partial charge in [-0.05, 0) is 31.2 Å². The zero-order valence-corrected chi connectivity index (χ0v) is 18.5. The third-order valence-electron chi connectivity index (χ3n) is 5.12. The lowest BCUT2D eigenvalue weighted by atomic mass is 10.2. The summed E-state index contributed by atoms with van der Waals surface area (Å²) in [5.74, 6) is 2.52. The minimum Gasteiger partial charge on any atom is -0.497 e. The van der Waals surface area contributed by atoms with Crippen LogP contribution in [0.5, 0.6) is 11.5 Å². The van der Waals surface area contributed by atoms with E-state index in [0.717, 1.165) is 69.8 Å². The van der Waals surface area contributed by atoms with Crippen molar-refractivity contribution in [3.8, 4) is 11.5 Å². The van der Waals surface area contributed by atoms with Gasteiger partial charge in [0.1, 0.15) is 11.5 Å². The van der Waals surface area contributed by atoms with E-state index in [4.69, 9.17) is 14.2 Å². The third-order valence-corrected chi connectivity index (χ3v) is 5.12. The van der Waals surface area contributed by atoms with E-state index in [1.54, 1.807) is 21.3 Å². The summed E-state index contributed by atoms with van der Waals surface area (Å²) < 4.78 is 15.9. The van der Waals surface area contributed by atoms with Crippen LogP contribution in [-0.2, 0) is 11.3 Å². The van der Waals surface area contributed by atoms with Crippen molar-refractivity contribution in [3.63, 3.8) is 0 Å².